The van der Waals surface area contributed by atoms with Crippen molar-refractivity contribution >= 4 is 31.2 Å². The Hall–Kier alpha value is -3.41. The van der Waals surface area contributed by atoms with Gasteiger partial charge in [0.2, 0.25) is 0 Å². The van der Waals surface area contributed by atoms with E-state index in [0.717, 1.165) is 40.2 Å². The van der Waals surface area contributed by atoms with Crippen LogP contribution in [-0.4, -0.2) is 90.7 Å². The molecule has 0 spiro atoms. The third kappa shape index (κ3) is 9.36. The van der Waals surface area contributed by atoms with E-state index in [1.165, 1.54) is 0 Å². The van der Waals surface area contributed by atoms with Crippen LogP contribution in [0.25, 0.3) is 10.9 Å². The molecule has 0 aliphatic carbocycles. The number of morpholine rings is 1. The van der Waals surface area contributed by atoms with Crippen LogP contribution < -0.4 is 4.74 Å². The zero-order chi connectivity index (χ0) is 34.2. The van der Waals surface area contributed by atoms with Gasteiger partial charge in [-0.2, -0.15) is 0 Å². The van der Waals surface area contributed by atoms with Gasteiger partial charge in [0.15, 0.2) is 14.4 Å². The molecule has 3 heterocycles. The minimum Gasteiger partial charge on any atom is -0.479 e. The summed E-state index contributed by atoms with van der Waals surface area (Å²) in [5.74, 6) is 0.565. The molecule has 10 nitrogen and oxygen atoms in total. The summed E-state index contributed by atoms with van der Waals surface area (Å²) in [7, 11) is -2.04. The third-order valence-corrected chi connectivity index (χ3v) is 13.8. The molecule has 47 heavy (non-hydrogen) atoms. The number of para-hydroxylation sites is 1. The summed E-state index contributed by atoms with van der Waals surface area (Å²) in [6.07, 6.45) is 4.79. The normalized spacial score (nSPS) is 16.0. The molecule has 1 aliphatic rings. The zero-order valence-electron chi connectivity index (χ0n) is 29.5. The van der Waals surface area contributed by atoms with Gasteiger partial charge >= 0.3 is 6.09 Å². The quantitative estimate of drug-likeness (QED) is 0.183. The highest BCUT2D eigenvalue weighted by molar-refractivity contribution is 6.73. The number of nitrogens with one attached hydrogen (secondary N) is 1. The number of benzene rings is 1. The van der Waals surface area contributed by atoms with Gasteiger partial charge in [0, 0.05) is 43.1 Å². The first-order valence-electron chi connectivity index (χ1n) is 17.1. The number of amides is 2. The van der Waals surface area contributed by atoms with Crippen LogP contribution >= 0.6 is 0 Å². The van der Waals surface area contributed by atoms with E-state index >= 15 is 0 Å². The van der Waals surface area contributed by atoms with Crippen LogP contribution in [0.4, 0.5) is 4.79 Å². The van der Waals surface area contributed by atoms with Crippen molar-refractivity contribution in [2.75, 3.05) is 32.8 Å². The molecule has 1 aromatic carbocycles. The SMILES string of the molecule is CC[Si](CC)(CC)O[C@@H](CN(C(=O)OC(C)(C)C)[C@H](C)Cc1c[nH]c2c(O[C@H](C)C(=O)N3CCOCC3)cccc12)c1cccnc1. The molecule has 0 saturated carbocycles. The maximum atomic E-state index is 13.9. The maximum absolute atomic E-state index is 13.9. The van der Waals surface area contributed by atoms with E-state index in [9.17, 15) is 9.59 Å². The van der Waals surface area contributed by atoms with Crippen molar-refractivity contribution < 1.29 is 28.2 Å². The average molecular weight is 667 g/mol. The molecular formula is C36H54N4O6Si. The predicted octanol–water partition coefficient (Wildman–Crippen LogP) is 7.12. The summed E-state index contributed by atoms with van der Waals surface area (Å²) in [4.78, 5) is 38.3. The van der Waals surface area contributed by atoms with Gasteiger partial charge in [-0.1, -0.05) is 39.0 Å². The number of nitrogens with zero attached hydrogens (tertiary/aromatic N) is 3. The van der Waals surface area contributed by atoms with Crippen LogP contribution in [0.15, 0.2) is 48.9 Å². The Kier molecular flexibility index (Phi) is 12.5. The number of aromatic nitrogens is 2. The fraction of sp³-hybridized carbons (Fsp3) is 0.583. The summed E-state index contributed by atoms with van der Waals surface area (Å²) < 4.78 is 24.6. The van der Waals surface area contributed by atoms with Crippen molar-refractivity contribution in [3.05, 3.63) is 60.0 Å². The minimum atomic E-state index is -2.04. The third-order valence-electron chi connectivity index (χ3n) is 9.16. The zero-order valence-corrected chi connectivity index (χ0v) is 30.5. The van der Waals surface area contributed by atoms with E-state index in [2.05, 4.69) is 37.7 Å². The Morgan fingerprint density at radius 1 is 1.06 bits per heavy atom. The lowest BCUT2D eigenvalue weighted by Gasteiger charge is -2.38. The van der Waals surface area contributed by atoms with Gasteiger partial charge in [0.05, 0.1) is 31.4 Å². The highest BCUT2D eigenvalue weighted by Crippen LogP contribution is 2.33. The highest BCUT2D eigenvalue weighted by atomic mass is 28.4. The maximum Gasteiger partial charge on any atom is 0.410 e. The van der Waals surface area contributed by atoms with Crippen LogP contribution in [0.1, 0.15) is 72.6 Å². The molecule has 11 heteroatoms. The summed E-state index contributed by atoms with van der Waals surface area (Å²) in [6, 6.07) is 12.6. The monoisotopic (exact) mass is 666 g/mol. The van der Waals surface area contributed by atoms with Crippen molar-refractivity contribution in [1.29, 1.82) is 0 Å². The fourth-order valence-electron chi connectivity index (χ4n) is 6.17. The molecular weight excluding hydrogens is 613 g/mol. The number of hydrogen-bond acceptors (Lipinski definition) is 7. The largest absolute Gasteiger partial charge is 0.479 e. The lowest BCUT2D eigenvalue weighted by molar-refractivity contribution is -0.142. The number of rotatable bonds is 14. The number of H-pyrrole nitrogens is 1. The smallest absolute Gasteiger partial charge is 0.410 e. The van der Waals surface area contributed by atoms with Crippen LogP contribution in [0.3, 0.4) is 0 Å². The first kappa shape index (κ1) is 36.4. The van der Waals surface area contributed by atoms with Crippen molar-refractivity contribution in [2.45, 2.75) is 104 Å². The number of hydrogen-bond donors (Lipinski definition) is 1. The molecule has 1 fully saturated rings. The van der Waals surface area contributed by atoms with E-state index < -0.39 is 20.0 Å². The van der Waals surface area contributed by atoms with Crippen LogP contribution in [0.2, 0.25) is 18.1 Å². The number of aromatic amines is 1. The second-order valence-electron chi connectivity index (χ2n) is 13.5. The molecule has 3 atom stereocenters. The second kappa shape index (κ2) is 16.1. The standard InChI is InChI=1S/C36H54N4O6Si/c1-9-47(10-2,11-3)46-32(28-14-13-17-37-23-28)25-40(35(42)45-36(6,7)8)26(4)22-29-24-38-33-30(29)15-12-16-31(33)44-27(5)34(41)39-18-20-43-21-19-39/h12-17,23-24,26-27,32,38H,9-11,18-22,25H2,1-8H3/t26-,27-,32+/m1/s1. The van der Waals surface area contributed by atoms with Crippen molar-refractivity contribution in [2.24, 2.45) is 0 Å². The Morgan fingerprint density at radius 2 is 1.77 bits per heavy atom. The summed E-state index contributed by atoms with van der Waals surface area (Å²) in [5.41, 5.74) is 2.16. The van der Waals surface area contributed by atoms with Crippen molar-refractivity contribution in [3.8, 4) is 5.75 Å². The molecule has 258 valence electrons. The van der Waals surface area contributed by atoms with Crippen molar-refractivity contribution in [3.63, 3.8) is 0 Å². The first-order valence-corrected chi connectivity index (χ1v) is 19.6. The molecule has 0 radical (unpaired) electrons. The van der Waals surface area contributed by atoms with Gasteiger partial charge in [-0.15, -0.1) is 0 Å². The highest BCUT2D eigenvalue weighted by Gasteiger charge is 2.36. The molecule has 1 aliphatic heterocycles. The predicted molar refractivity (Wildman–Crippen MR) is 187 cm³/mol. The van der Waals surface area contributed by atoms with Gasteiger partial charge in [0.1, 0.15) is 11.4 Å². The number of ether oxygens (including phenoxy) is 3. The Morgan fingerprint density at radius 3 is 2.38 bits per heavy atom. The number of carbonyl (C=O) groups excluding carboxylic acids is 2. The number of carbonyl (C=O) groups is 2. The Balaban J connectivity index is 1.60. The lowest BCUT2D eigenvalue weighted by Crippen LogP contribution is -2.47. The van der Waals surface area contributed by atoms with E-state index in [1.807, 2.05) is 68.4 Å². The van der Waals surface area contributed by atoms with E-state index in [1.54, 1.807) is 18.0 Å². The lowest BCUT2D eigenvalue weighted by atomic mass is 10.0. The Labute approximate surface area is 281 Å². The first-order chi connectivity index (χ1) is 22.4. The van der Waals surface area contributed by atoms with Gasteiger partial charge in [-0.05, 0) is 82.4 Å². The molecule has 0 unspecified atom stereocenters. The second-order valence-corrected chi connectivity index (χ2v) is 18.2. The molecule has 2 amide bonds. The van der Waals surface area contributed by atoms with Gasteiger partial charge in [-0.3, -0.25) is 9.78 Å². The number of fused-ring (bicyclic) bond motifs is 1. The number of pyridine rings is 1. The fourth-order valence-corrected chi connectivity index (χ4v) is 8.99. The van der Waals surface area contributed by atoms with Gasteiger partial charge in [0.25, 0.3) is 5.91 Å². The van der Waals surface area contributed by atoms with Crippen LogP contribution in [0, 0.1) is 0 Å². The molecule has 1 saturated heterocycles. The molecule has 0 bridgehead atoms. The summed E-state index contributed by atoms with van der Waals surface area (Å²) in [5, 5.41) is 0.985. The van der Waals surface area contributed by atoms with Gasteiger partial charge < -0.3 is 33.4 Å². The van der Waals surface area contributed by atoms with Gasteiger partial charge in [-0.25, -0.2) is 4.79 Å². The van der Waals surface area contributed by atoms with E-state index in [4.69, 9.17) is 18.6 Å². The molecule has 2 aromatic heterocycles. The summed E-state index contributed by atoms with van der Waals surface area (Å²) >= 11 is 0. The van der Waals surface area contributed by atoms with Crippen LogP contribution in [0.5, 0.6) is 5.75 Å². The van der Waals surface area contributed by atoms with E-state index in [0.29, 0.717) is 45.0 Å². The minimum absolute atomic E-state index is 0.0506. The average Bonchev–Trinajstić information content (AvgIpc) is 3.48. The summed E-state index contributed by atoms with van der Waals surface area (Å²) in [6.45, 7) is 18.7. The van der Waals surface area contributed by atoms with Crippen molar-refractivity contribution in [1.82, 2.24) is 19.8 Å². The van der Waals surface area contributed by atoms with E-state index in [-0.39, 0.29) is 24.1 Å². The molecule has 3 aromatic rings. The molecule has 4 rings (SSSR count). The van der Waals surface area contributed by atoms with Crippen LogP contribution in [-0.2, 0) is 25.1 Å². The molecule has 1 N–H and O–H groups in total. The Bertz CT molecular complexity index is 1440. The topological polar surface area (TPSA) is 106 Å².